The van der Waals surface area contributed by atoms with Crippen molar-refractivity contribution < 1.29 is 9.53 Å². The van der Waals surface area contributed by atoms with E-state index in [-0.39, 0.29) is 30.7 Å². The molecule has 22 heavy (non-hydrogen) atoms. The number of hydrogen-bond acceptors (Lipinski definition) is 4. The molecular weight excluding hydrogens is 325 g/mol. The average Bonchev–Trinajstić information content (AvgIpc) is 2.53. The molecule has 0 atom stereocenters. The fourth-order valence-electron chi connectivity index (χ4n) is 2.36. The molecule has 2 N–H and O–H groups in total. The summed E-state index contributed by atoms with van der Waals surface area (Å²) in [6.07, 6.45) is 0. The van der Waals surface area contributed by atoms with Crippen LogP contribution >= 0.6 is 24.8 Å². The molecule has 1 heterocycles. The quantitative estimate of drug-likeness (QED) is 0.872. The Morgan fingerprint density at radius 2 is 1.73 bits per heavy atom. The van der Waals surface area contributed by atoms with Gasteiger partial charge in [0, 0.05) is 51.9 Å². The minimum Gasteiger partial charge on any atom is -0.383 e. The van der Waals surface area contributed by atoms with Crippen LogP contribution < -0.4 is 5.73 Å². The van der Waals surface area contributed by atoms with Gasteiger partial charge in [-0.25, -0.2) is 0 Å². The van der Waals surface area contributed by atoms with E-state index in [4.69, 9.17) is 10.5 Å². The highest BCUT2D eigenvalue weighted by atomic mass is 35.5. The molecule has 1 amide bonds. The molecule has 5 nitrogen and oxygen atoms in total. The number of carbonyl (C=O) groups excluding carboxylic acids is 1. The van der Waals surface area contributed by atoms with Crippen LogP contribution in [-0.4, -0.2) is 62.1 Å². The van der Waals surface area contributed by atoms with Crippen molar-refractivity contribution >= 4 is 30.7 Å². The molecule has 1 fully saturated rings. The third-order valence-electron chi connectivity index (χ3n) is 3.71. The summed E-state index contributed by atoms with van der Waals surface area (Å²) in [5, 5.41) is 0. The summed E-state index contributed by atoms with van der Waals surface area (Å²) in [4.78, 5) is 16.6. The largest absolute Gasteiger partial charge is 0.383 e. The number of rotatable bonds is 5. The summed E-state index contributed by atoms with van der Waals surface area (Å²) in [5.41, 5.74) is 7.35. The number of hydrogen-bond donors (Lipinski definition) is 1. The lowest BCUT2D eigenvalue weighted by atomic mass is 10.1. The van der Waals surface area contributed by atoms with Gasteiger partial charge in [0.15, 0.2) is 0 Å². The predicted octanol–water partition coefficient (Wildman–Crippen LogP) is 1.39. The fraction of sp³-hybridized carbons (Fsp3) is 0.533. The number of benzene rings is 1. The lowest BCUT2D eigenvalue weighted by Crippen LogP contribution is -2.49. The van der Waals surface area contributed by atoms with Gasteiger partial charge in [-0.05, 0) is 17.7 Å². The van der Waals surface area contributed by atoms with Crippen molar-refractivity contribution in [1.29, 1.82) is 0 Å². The van der Waals surface area contributed by atoms with Gasteiger partial charge < -0.3 is 15.4 Å². The standard InChI is InChI=1S/C15H23N3O2.2ClH/c1-20-11-10-17-6-8-18(9-7-17)15(19)14-4-2-13(12-16)3-5-14;;/h2-5H,6-12,16H2,1H3;2*1H. The molecule has 1 aliphatic rings. The van der Waals surface area contributed by atoms with Crippen molar-refractivity contribution in [3.05, 3.63) is 35.4 Å². The number of nitrogens with zero attached hydrogens (tertiary/aromatic N) is 2. The average molecular weight is 350 g/mol. The smallest absolute Gasteiger partial charge is 0.253 e. The number of carbonyl (C=O) groups is 1. The Labute approximate surface area is 144 Å². The van der Waals surface area contributed by atoms with E-state index >= 15 is 0 Å². The molecule has 0 spiro atoms. The molecule has 0 aromatic heterocycles. The highest BCUT2D eigenvalue weighted by Gasteiger charge is 2.21. The summed E-state index contributed by atoms with van der Waals surface area (Å²) in [7, 11) is 1.71. The molecule has 7 heteroatoms. The van der Waals surface area contributed by atoms with Crippen LogP contribution in [0.25, 0.3) is 0 Å². The summed E-state index contributed by atoms with van der Waals surface area (Å²) in [6.45, 7) is 5.57. The molecule has 0 saturated carbocycles. The van der Waals surface area contributed by atoms with Crippen molar-refractivity contribution in [2.24, 2.45) is 5.73 Å². The first-order valence-corrected chi connectivity index (χ1v) is 7.04. The van der Waals surface area contributed by atoms with Crippen LogP contribution in [0.3, 0.4) is 0 Å². The monoisotopic (exact) mass is 349 g/mol. The first kappa shape index (κ1) is 21.1. The van der Waals surface area contributed by atoms with E-state index in [0.29, 0.717) is 6.54 Å². The lowest BCUT2D eigenvalue weighted by Gasteiger charge is -2.34. The maximum atomic E-state index is 12.4. The van der Waals surface area contributed by atoms with Crippen LogP contribution in [0.4, 0.5) is 0 Å². The van der Waals surface area contributed by atoms with Gasteiger partial charge in [0.05, 0.1) is 6.61 Å². The maximum Gasteiger partial charge on any atom is 0.253 e. The Morgan fingerprint density at radius 1 is 1.14 bits per heavy atom. The maximum absolute atomic E-state index is 12.4. The molecule has 1 aromatic rings. The van der Waals surface area contributed by atoms with E-state index in [1.54, 1.807) is 7.11 Å². The van der Waals surface area contributed by atoms with Gasteiger partial charge in [0.25, 0.3) is 5.91 Å². The fourth-order valence-corrected chi connectivity index (χ4v) is 2.36. The molecular formula is C15H25Cl2N3O2. The van der Waals surface area contributed by atoms with Crippen LogP contribution in [0.15, 0.2) is 24.3 Å². The van der Waals surface area contributed by atoms with Crippen LogP contribution in [0.1, 0.15) is 15.9 Å². The van der Waals surface area contributed by atoms with Crippen molar-refractivity contribution in [3.8, 4) is 0 Å². The third kappa shape index (κ3) is 5.74. The predicted molar refractivity (Wildman–Crippen MR) is 93.0 cm³/mol. The highest BCUT2D eigenvalue weighted by molar-refractivity contribution is 5.94. The van der Waals surface area contributed by atoms with Gasteiger partial charge in [-0.15, -0.1) is 24.8 Å². The first-order chi connectivity index (χ1) is 9.74. The minimum atomic E-state index is 0. The number of piperazine rings is 1. The van der Waals surface area contributed by atoms with Crippen molar-refractivity contribution in [2.75, 3.05) is 46.4 Å². The summed E-state index contributed by atoms with van der Waals surface area (Å²) < 4.78 is 5.08. The summed E-state index contributed by atoms with van der Waals surface area (Å²) >= 11 is 0. The van der Waals surface area contributed by atoms with Crippen LogP contribution in [0, 0.1) is 0 Å². The topological polar surface area (TPSA) is 58.8 Å². The van der Waals surface area contributed by atoms with Gasteiger partial charge in [0.2, 0.25) is 0 Å². The molecule has 2 rings (SSSR count). The normalized spacial score (nSPS) is 14.9. The van der Waals surface area contributed by atoms with E-state index in [1.807, 2.05) is 29.2 Å². The molecule has 126 valence electrons. The van der Waals surface area contributed by atoms with Gasteiger partial charge in [-0.2, -0.15) is 0 Å². The van der Waals surface area contributed by atoms with Crippen LogP contribution in [-0.2, 0) is 11.3 Å². The molecule has 1 aliphatic heterocycles. The van der Waals surface area contributed by atoms with Gasteiger partial charge >= 0.3 is 0 Å². The third-order valence-corrected chi connectivity index (χ3v) is 3.71. The Balaban J connectivity index is 0.00000220. The zero-order chi connectivity index (χ0) is 14.4. The molecule has 1 aromatic carbocycles. The van der Waals surface area contributed by atoms with Gasteiger partial charge in [-0.3, -0.25) is 9.69 Å². The SMILES string of the molecule is COCCN1CCN(C(=O)c2ccc(CN)cc2)CC1.Cl.Cl. The Morgan fingerprint density at radius 3 is 2.23 bits per heavy atom. The summed E-state index contributed by atoms with van der Waals surface area (Å²) in [6, 6.07) is 7.56. The first-order valence-electron chi connectivity index (χ1n) is 7.04. The molecule has 0 bridgehead atoms. The highest BCUT2D eigenvalue weighted by Crippen LogP contribution is 2.10. The second-order valence-corrected chi connectivity index (χ2v) is 5.03. The number of nitrogens with two attached hydrogens (primary N) is 1. The van der Waals surface area contributed by atoms with Crippen LogP contribution in [0.5, 0.6) is 0 Å². The molecule has 0 radical (unpaired) electrons. The Bertz CT molecular complexity index is 435. The van der Waals surface area contributed by atoms with Gasteiger partial charge in [0.1, 0.15) is 0 Å². The van der Waals surface area contributed by atoms with E-state index in [2.05, 4.69) is 4.90 Å². The number of methoxy groups -OCH3 is 1. The van der Waals surface area contributed by atoms with E-state index in [1.165, 1.54) is 0 Å². The minimum absolute atomic E-state index is 0. The van der Waals surface area contributed by atoms with Crippen molar-refractivity contribution in [1.82, 2.24) is 9.80 Å². The number of amides is 1. The molecule has 1 saturated heterocycles. The number of halogens is 2. The van der Waals surface area contributed by atoms with Crippen molar-refractivity contribution in [3.63, 3.8) is 0 Å². The van der Waals surface area contributed by atoms with Crippen LogP contribution in [0.2, 0.25) is 0 Å². The summed E-state index contributed by atoms with van der Waals surface area (Å²) in [5.74, 6) is 0.111. The zero-order valence-electron chi connectivity index (χ0n) is 12.9. The zero-order valence-corrected chi connectivity index (χ0v) is 14.5. The second-order valence-electron chi connectivity index (χ2n) is 5.03. The van der Waals surface area contributed by atoms with Crippen molar-refractivity contribution in [2.45, 2.75) is 6.54 Å². The second kappa shape index (κ2) is 10.8. The van der Waals surface area contributed by atoms with E-state index in [0.717, 1.165) is 50.5 Å². The Kier molecular flexibility index (Phi) is 10.4. The lowest BCUT2D eigenvalue weighted by molar-refractivity contribution is 0.0594. The Hall–Kier alpha value is -0.850. The van der Waals surface area contributed by atoms with Gasteiger partial charge in [-0.1, -0.05) is 12.1 Å². The van der Waals surface area contributed by atoms with E-state index < -0.39 is 0 Å². The number of ether oxygens (including phenoxy) is 1. The molecule has 0 aliphatic carbocycles. The molecule has 0 unspecified atom stereocenters. The van der Waals surface area contributed by atoms with E-state index in [9.17, 15) is 4.79 Å².